The smallest absolute Gasteiger partial charge is 0.284 e. The van der Waals surface area contributed by atoms with Gasteiger partial charge in [0.05, 0.1) is 11.2 Å². The Labute approximate surface area is 121 Å². The Kier molecular flexibility index (Phi) is 3.24. The molecule has 0 radical (unpaired) electrons. The molecule has 0 spiro atoms. The summed E-state index contributed by atoms with van der Waals surface area (Å²) in [5.74, 6) is 0. The van der Waals surface area contributed by atoms with Crippen LogP contribution >= 0.6 is 12.2 Å². The largest absolute Gasteiger partial charge is 0.334 e. The number of benzene rings is 2. The van der Waals surface area contributed by atoms with Gasteiger partial charge < -0.3 is 0 Å². The molecule has 1 heterocycles. The minimum Gasteiger partial charge on any atom is -0.284 e. The number of nitrogens with zero attached hydrogens (tertiary/aromatic N) is 2. The highest BCUT2D eigenvalue weighted by Crippen LogP contribution is 2.17. The lowest BCUT2D eigenvalue weighted by molar-refractivity contribution is 0.675. The third kappa shape index (κ3) is 1.89. The van der Waals surface area contributed by atoms with Crippen molar-refractivity contribution in [2.45, 2.75) is 13.5 Å². The van der Waals surface area contributed by atoms with Crippen LogP contribution in [-0.2, 0) is 6.54 Å². The average Bonchev–Trinajstić information content (AvgIpc) is 2.49. The van der Waals surface area contributed by atoms with Gasteiger partial charge in [0, 0.05) is 11.9 Å². The molecule has 3 aromatic rings. The maximum Gasteiger partial charge on any atom is 0.334 e. The van der Waals surface area contributed by atoms with Gasteiger partial charge in [-0.3, -0.25) is 9.13 Å². The first-order valence-corrected chi connectivity index (χ1v) is 6.95. The van der Waals surface area contributed by atoms with Gasteiger partial charge in [-0.2, -0.15) is 0 Å². The second-order valence-corrected chi connectivity index (χ2v) is 4.91. The van der Waals surface area contributed by atoms with Crippen LogP contribution in [0.5, 0.6) is 0 Å². The standard InChI is InChI=1S/C16H14N2OS/c1-2-17-15(20)13-10-6-7-11-14(13)18(16(17)19)12-8-4-3-5-9-12/h3-11H,2H2,1H3. The van der Waals surface area contributed by atoms with Crippen LogP contribution in [-0.4, -0.2) is 9.13 Å². The zero-order chi connectivity index (χ0) is 14.1. The first-order valence-electron chi connectivity index (χ1n) is 6.54. The van der Waals surface area contributed by atoms with Crippen LogP contribution in [0.1, 0.15) is 6.92 Å². The molecule has 0 amide bonds. The summed E-state index contributed by atoms with van der Waals surface area (Å²) in [5.41, 5.74) is 1.60. The first kappa shape index (κ1) is 12.8. The Balaban J connectivity index is 2.54. The Hall–Kier alpha value is -2.20. The molecule has 0 fully saturated rings. The van der Waals surface area contributed by atoms with E-state index in [0.29, 0.717) is 11.2 Å². The van der Waals surface area contributed by atoms with Crippen molar-refractivity contribution in [1.82, 2.24) is 9.13 Å². The molecule has 0 unspecified atom stereocenters. The maximum absolute atomic E-state index is 12.7. The molecule has 100 valence electrons. The average molecular weight is 282 g/mol. The predicted molar refractivity (Wildman–Crippen MR) is 84.0 cm³/mol. The van der Waals surface area contributed by atoms with Crippen LogP contribution < -0.4 is 5.69 Å². The van der Waals surface area contributed by atoms with Gasteiger partial charge in [0.1, 0.15) is 4.64 Å². The van der Waals surface area contributed by atoms with E-state index in [1.807, 2.05) is 61.5 Å². The normalized spacial score (nSPS) is 10.8. The van der Waals surface area contributed by atoms with E-state index in [4.69, 9.17) is 12.2 Å². The van der Waals surface area contributed by atoms with E-state index >= 15 is 0 Å². The molecule has 0 saturated heterocycles. The van der Waals surface area contributed by atoms with E-state index in [1.165, 1.54) is 0 Å². The number of hydrogen-bond donors (Lipinski definition) is 0. The molecule has 0 aliphatic heterocycles. The summed E-state index contributed by atoms with van der Waals surface area (Å²) in [7, 11) is 0. The monoisotopic (exact) mass is 282 g/mol. The molecule has 0 aliphatic rings. The quantitative estimate of drug-likeness (QED) is 0.672. The van der Waals surface area contributed by atoms with E-state index in [-0.39, 0.29) is 5.69 Å². The lowest BCUT2D eigenvalue weighted by atomic mass is 10.2. The Morgan fingerprint density at radius 3 is 2.35 bits per heavy atom. The van der Waals surface area contributed by atoms with Crippen molar-refractivity contribution in [2.24, 2.45) is 0 Å². The highest BCUT2D eigenvalue weighted by atomic mass is 32.1. The molecule has 0 aliphatic carbocycles. The summed E-state index contributed by atoms with van der Waals surface area (Å²) < 4.78 is 3.94. The van der Waals surface area contributed by atoms with Gasteiger partial charge in [-0.05, 0) is 31.2 Å². The highest BCUT2D eigenvalue weighted by molar-refractivity contribution is 7.71. The van der Waals surface area contributed by atoms with E-state index in [1.54, 1.807) is 9.13 Å². The topological polar surface area (TPSA) is 26.9 Å². The summed E-state index contributed by atoms with van der Waals surface area (Å²) in [6.07, 6.45) is 0. The van der Waals surface area contributed by atoms with Gasteiger partial charge in [-0.1, -0.05) is 42.5 Å². The lowest BCUT2D eigenvalue weighted by Crippen LogP contribution is -2.30. The molecule has 0 atom stereocenters. The third-order valence-corrected chi connectivity index (χ3v) is 3.81. The van der Waals surface area contributed by atoms with E-state index in [2.05, 4.69) is 0 Å². The minimum atomic E-state index is -0.0950. The second kappa shape index (κ2) is 5.06. The Bertz CT molecular complexity index is 878. The van der Waals surface area contributed by atoms with Crippen LogP contribution in [0, 0.1) is 4.64 Å². The Morgan fingerprint density at radius 2 is 1.65 bits per heavy atom. The van der Waals surface area contributed by atoms with Crippen LogP contribution in [0.15, 0.2) is 59.4 Å². The molecule has 2 aromatic carbocycles. The Morgan fingerprint density at radius 1 is 1.00 bits per heavy atom. The first-order chi connectivity index (χ1) is 9.74. The van der Waals surface area contributed by atoms with Gasteiger partial charge in [0.2, 0.25) is 0 Å². The van der Waals surface area contributed by atoms with Gasteiger partial charge in [0.15, 0.2) is 0 Å². The van der Waals surface area contributed by atoms with Crippen molar-refractivity contribution in [3.05, 3.63) is 69.7 Å². The molecule has 0 saturated carbocycles. The third-order valence-electron chi connectivity index (χ3n) is 3.37. The molecular formula is C16H14N2OS. The zero-order valence-electron chi connectivity index (χ0n) is 11.1. The van der Waals surface area contributed by atoms with Crippen LogP contribution in [0.4, 0.5) is 0 Å². The van der Waals surface area contributed by atoms with Gasteiger partial charge in [-0.25, -0.2) is 4.79 Å². The summed E-state index contributed by atoms with van der Waals surface area (Å²) in [4.78, 5) is 12.7. The number of fused-ring (bicyclic) bond motifs is 1. The van der Waals surface area contributed by atoms with Crippen molar-refractivity contribution in [3.8, 4) is 5.69 Å². The predicted octanol–water partition coefficient (Wildman–Crippen LogP) is 3.54. The SMILES string of the molecule is CCn1c(=S)c2ccccc2n(-c2ccccc2)c1=O. The van der Waals surface area contributed by atoms with E-state index in [0.717, 1.165) is 16.6 Å². The summed E-state index contributed by atoms with van der Waals surface area (Å²) in [6, 6.07) is 17.4. The molecule has 1 aromatic heterocycles. The number of para-hydroxylation sites is 2. The van der Waals surface area contributed by atoms with Gasteiger partial charge in [-0.15, -0.1) is 0 Å². The maximum atomic E-state index is 12.7. The van der Waals surface area contributed by atoms with Crippen LogP contribution in [0.2, 0.25) is 0 Å². The van der Waals surface area contributed by atoms with E-state index < -0.39 is 0 Å². The fourth-order valence-corrected chi connectivity index (χ4v) is 2.79. The summed E-state index contributed by atoms with van der Waals surface area (Å²) in [6.45, 7) is 2.50. The van der Waals surface area contributed by atoms with Gasteiger partial charge >= 0.3 is 5.69 Å². The fourth-order valence-electron chi connectivity index (χ4n) is 2.41. The molecule has 0 N–H and O–H groups in total. The van der Waals surface area contributed by atoms with Crippen LogP contribution in [0.25, 0.3) is 16.6 Å². The molecule has 3 rings (SSSR count). The molecule has 20 heavy (non-hydrogen) atoms. The van der Waals surface area contributed by atoms with E-state index in [9.17, 15) is 4.79 Å². The van der Waals surface area contributed by atoms with Crippen molar-refractivity contribution in [1.29, 1.82) is 0 Å². The van der Waals surface area contributed by atoms with Crippen molar-refractivity contribution in [3.63, 3.8) is 0 Å². The second-order valence-electron chi connectivity index (χ2n) is 4.52. The fraction of sp³-hybridized carbons (Fsp3) is 0.125. The molecular weight excluding hydrogens is 268 g/mol. The summed E-state index contributed by atoms with van der Waals surface area (Å²) >= 11 is 5.44. The molecule has 3 nitrogen and oxygen atoms in total. The number of hydrogen-bond acceptors (Lipinski definition) is 2. The van der Waals surface area contributed by atoms with Crippen LogP contribution in [0.3, 0.4) is 0 Å². The molecule has 4 heteroatoms. The van der Waals surface area contributed by atoms with Crippen molar-refractivity contribution >= 4 is 23.1 Å². The lowest BCUT2D eigenvalue weighted by Gasteiger charge is -2.14. The number of aromatic nitrogens is 2. The summed E-state index contributed by atoms with van der Waals surface area (Å²) in [5, 5.41) is 0.924. The minimum absolute atomic E-state index is 0.0950. The van der Waals surface area contributed by atoms with Crippen molar-refractivity contribution < 1.29 is 0 Å². The van der Waals surface area contributed by atoms with Crippen molar-refractivity contribution in [2.75, 3.05) is 0 Å². The van der Waals surface area contributed by atoms with Gasteiger partial charge in [0.25, 0.3) is 0 Å². The number of rotatable bonds is 2. The zero-order valence-corrected chi connectivity index (χ0v) is 11.9. The molecule has 0 bridgehead atoms. The highest BCUT2D eigenvalue weighted by Gasteiger charge is 2.10.